The molecule has 0 saturated carbocycles. The molecule has 136 valence electrons. The lowest BCUT2D eigenvalue weighted by molar-refractivity contribution is 0.306. The van der Waals surface area contributed by atoms with Gasteiger partial charge in [-0.3, -0.25) is 4.90 Å². The summed E-state index contributed by atoms with van der Waals surface area (Å²) in [5, 5.41) is 0. The van der Waals surface area contributed by atoms with Gasteiger partial charge < -0.3 is 0 Å². The zero-order chi connectivity index (χ0) is 18.5. The maximum Gasteiger partial charge on any atom is 0.0169 e. The van der Waals surface area contributed by atoms with Crippen LogP contribution in [0.15, 0.2) is 84.9 Å². The Hall–Kier alpha value is -2.64. The first-order valence-electron chi connectivity index (χ1n) is 9.92. The van der Waals surface area contributed by atoms with Crippen LogP contribution < -0.4 is 0 Å². The Labute approximate surface area is 163 Å². The summed E-state index contributed by atoms with van der Waals surface area (Å²) in [6.07, 6.45) is 4.70. The second-order valence-electron chi connectivity index (χ2n) is 7.36. The highest BCUT2D eigenvalue weighted by Crippen LogP contribution is 2.31. The van der Waals surface area contributed by atoms with Crippen molar-refractivity contribution < 1.29 is 0 Å². The Bertz CT molecular complexity index is 909. The van der Waals surface area contributed by atoms with Gasteiger partial charge in [0.15, 0.2) is 0 Å². The summed E-state index contributed by atoms with van der Waals surface area (Å²) in [6, 6.07) is 28.2. The summed E-state index contributed by atoms with van der Waals surface area (Å²) < 4.78 is 0. The molecular formula is C26H27N. The molecule has 1 aliphatic heterocycles. The van der Waals surface area contributed by atoms with Gasteiger partial charge in [0.2, 0.25) is 0 Å². The minimum Gasteiger partial charge on any atom is -0.299 e. The third-order valence-corrected chi connectivity index (χ3v) is 5.62. The quantitative estimate of drug-likeness (QED) is 0.544. The Morgan fingerprint density at radius 3 is 2.19 bits per heavy atom. The molecule has 0 unspecified atom stereocenters. The first kappa shape index (κ1) is 17.8. The average Bonchev–Trinajstić information content (AvgIpc) is 2.74. The number of hydrogen-bond acceptors (Lipinski definition) is 1. The molecule has 0 aliphatic carbocycles. The SMILES string of the molecule is Cc1c(C2=CCN(CCc3ccccc3)CC2)cccc1-c1ccccc1. The zero-order valence-electron chi connectivity index (χ0n) is 16.1. The van der Waals surface area contributed by atoms with E-state index in [1.165, 1.54) is 33.4 Å². The van der Waals surface area contributed by atoms with Gasteiger partial charge in [0.25, 0.3) is 0 Å². The van der Waals surface area contributed by atoms with Crippen molar-refractivity contribution in [3.8, 4) is 11.1 Å². The van der Waals surface area contributed by atoms with Crippen LogP contribution >= 0.6 is 0 Å². The molecule has 0 aromatic heterocycles. The van der Waals surface area contributed by atoms with E-state index in [9.17, 15) is 0 Å². The van der Waals surface area contributed by atoms with Crippen LogP contribution in [0.2, 0.25) is 0 Å². The van der Waals surface area contributed by atoms with E-state index in [2.05, 4.69) is 96.8 Å². The lowest BCUT2D eigenvalue weighted by Gasteiger charge is -2.27. The maximum atomic E-state index is 2.56. The van der Waals surface area contributed by atoms with Gasteiger partial charge in [0, 0.05) is 19.6 Å². The van der Waals surface area contributed by atoms with Crippen LogP contribution in [0.25, 0.3) is 16.7 Å². The van der Waals surface area contributed by atoms with Crippen LogP contribution in [-0.2, 0) is 6.42 Å². The van der Waals surface area contributed by atoms with E-state index in [0.29, 0.717) is 0 Å². The second-order valence-corrected chi connectivity index (χ2v) is 7.36. The highest BCUT2D eigenvalue weighted by Gasteiger charge is 2.15. The number of hydrogen-bond donors (Lipinski definition) is 0. The first-order chi connectivity index (χ1) is 13.3. The molecule has 4 rings (SSSR count). The number of benzene rings is 3. The predicted octanol–water partition coefficient (Wildman–Crippen LogP) is 5.99. The molecule has 0 spiro atoms. The topological polar surface area (TPSA) is 3.24 Å². The molecule has 0 atom stereocenters. The Kier molecular flexibility index (Phi) is 5.50. The van der Waals surface area contributed by atoms with Crippen LogP contribution in [-0.4, -0.2) is 24.5 Å². The Balaban J connectivity index is 1.46. The zero-order valence-corrected chi connectivity index (χ0v) is 16.1. The van der Waals surface area contributed by atoms with E-state index in [0.717, 1.165) is 32.5 Å². The van der Waals surface area contributed by atoms with E-state index < -0.39 is 0 Å². The lowest BCUT2D eigenvalue weighted by atomic mass is 9.90. The van der Waals surface area contributed by atoms with E-state index in [1.807, 2.05) is 0 Å². The fourth-order valence-electron chi connectivity index (χ4n) is 4.00. The third-order valence-electron chi connectivity index (χ3n) is 5.62. The van der Waals surface area contributed by atoms with Crippen LogP contribution in [0.1, 0.15) is 23.1 Å². The van der Waals surface area contributed by atoms with Gasteiger partial charge in [-0.1, -0.05) is 84.9 Å². The van der Waals surface area contributed by atoms with Crippen LogP contribution in [0.4, 0.5) is 0 Å². The molecule has 1 heterocycles. The molecule has 0 radical (unpaired) electrons. The van der Waals surface area contributed by atoms with Crippen molar-refractivity contribution in [2.45, 2.75) is 19.8 Å². The van der Waals surface area contributed by atoms with Crippen molar-refractivity contribution in [2.75, 3.05) is 19.6 Å². The summed E-state index contributed by atoms with van der Waals surface area (Å²) in [5.41, 5.74) is 8.39. The normalized spacial score (nSPS) is 14.8. The van der Waals surface area contributed by atoms with Crippen molar-refractivity contribution in [1.29, 1.82) is 0 Å². The van der Waals surface area contributed by atoms with Crippen LogP contribution in [0.3, 0.4) is 0 Å². The van der Waals surface area contributed by atoms with Crippen molar-refractivity contribution >= 4 is 5.57 Å². The molecule has 0 bridgehead atoms. The summed E-state index contributed by atoms with van der Waals surface area (Å²) >= 11 is 0. The Morgan fingerprint density at radius 2 is 1.48 bits per heavy atom. The summed E-state index contributed by atoms with van der Waals surface area (Å²) in [6.45, 7) is 5.60. The smallest absolute Gasteiger partial charge is 0.0169 e. The fourth-order valence-corrected chi connectivity index (χ4v) is 4.00. The standard InChI is InChI=1S/C26H27N/c1-21-25(23-11-6-3-7-12-23)13-8-14-26(21)24-16-19-27(20-17-24)18-15-22-9-4-2-5-10-22/h2-14,16H,15,17-20H2,1H3. The molecular weight excluding hydrogens is 326 g/mol. The van der Waals surface area contributed by atoms with Gasteiger partial charge in [-0.05, 0) is 53.2 Å². The number of nitrogens with zero attached hydrogens (tertiary/aromatic N) is 1. The average molecular weight is 354 g/mol. The van der Waals surface area contributed by atoms with Gasteiger partial charge >= 0.3 is 0 Å². The van der Waals surface area contributed by atoms with Crippen molar-refractivity contribution in [3.63, 3.8) is 0 Å². The third kappa shape index (κ3) is 4.20. The molecule has 0 N–H and O–H groups in total. The summed E-state index contributed by atoms with van der Waals surface area (Å²) in [4.78, 5) is 2.56. The van der Waals surface area contributed by atoms with E-state index in [1.54, 1.807) is 0 Å². The highest BCUT2D eigenvalue weighted by atomic mass is 15.1. The maximum absolute atomic E-state index is 2.56. The van der Waals surface area contributed by atoms with Gasteiger partial charge in [0.05, 0.1) is 0 Å². The van der Waals surface area contributed by atoms with E-state index >= 15 is 0 Å². The Morgan fingerprint density at radius 1 is 0.778 bits per heavy atom. The fraction of sp³-hybridized carbons (Fsp3) is 0.231. The van der Waals surface area contributed by atoms with Crippen molar-refractivity contribution in [3.05, 3.63) is 102 Å². The molecule has 3 aromatic carbocycles. The van der Waals surface area contributed by atoms with Crippen molar-refractivity contribution in [1.82, 2.24) is 4.90 Å². The van der Waals surface area contributed by atoms with E-state index in [4.69, 9.17) is 0 Å². The van der Waals surface area contributed by atoms with Crippen LogP contribution in [0, 0.1) is 6.92 Å². The molecule has 1 aliphatic rings. The van der Waals surface area contributed by atoms with Gasteiger partial charge in [-0.25, -0.2) is 0 Å². The van der Waals surface area contributed by atoms with Crippen molar-refractivity contribution in [2.24, 2.45) is 0 Å². The lowest BCUT2D eigenvalue weighted by Crippen LogP contribution is -2.30. The minimum absolute atomic E-state index is 1.05. The summed E-state index contributed by atoms with van der Waals surface area (Å²) in [5.74, 6) is 0. The van der Waals surface area contributed by atoms with Gasteiger partial charge in [-0.15, -0.1) is 0 Å². The van der Waals surface area contributed by atoms with Crippen LogP contribution in [0.5, 0.6) is 0 Å². The second kappa shape index (κ2) is 8.37. The van der Waals surface area contributed by atoms with E-state index in [-0.39, 0.29) is 0 Å². The summed E-state index contributed by atoms with van der Waals surface area (Å²) in [7, 11) is 0. The molecule has 0 fully saturated rings. The largest absolute Gasteiger partial charge is 0.299 e. The van der Waals surface area contributed by atoms with Gasteiger partial charge in [0.1, 0.15) is 0 Å². The van der Waals surface area contributed by atoms with Gasteiger partial charge in [-0.2, -0.15) is 0 Å². The highest BCUT2D eigenvalue weighted by molar-refractivity contribution is 5.77. The number of rotatable bonds is 5. The molecule has 1 heteroatoms. The first-order valence-corrected chi connectivity index (χ1v) is 9.92. The molecule has 3 aromatic rings. The molecule has 1 nitrogen and oxygen atoms in total. The molecule has 0 saturated heterocycles. The predicted molar refractivity (Wildman–Crippen MR) is 116 cm³/mol. The monoisotopic (exact) mass is 353 g/mol. The molecule has 0 amide bonds. The minimum atomic E-state index is 1.05. The molecule has 27 heavy (non-hydrogen) atoms.